The highest BCUT2D eigenvalue weighted by Crippen LogP contribution is 2.27. The lowest BCUT2D eigenvalue weighted by atomic mass is 10.3. The van der Waals surface area contributed by atoms with E-state index in [1.165, 1.54) is 6.07 Å². The Kier molecular flexibility index (Phi) is 3.05. The first-order valence-electron chi connectivity index (χ1n) is 4.78. The predicted molar refractivity (Wildman–Crippen MR) is 57.4 cm³/mol. The van der Waals surface area contributed by atoms with Crippen molar-refractivity contribution < 1.29 is 13.9 Å². The minimum Gasteiger partial charge on any atom is -0.487 e. The third-order valence-corrected chi connectivity index (χ3v) is 2.88. The van der Waals surface area contributed by atoms with Gasteiger partial charge < -0.3 is 4.74 Å². The van der Waals surface area contributed by atoms with E-state index in [-0.39, 0.29) is 17.6 Å². The number of carbonyl (C=O) groups excluding carboxylic acids is 1. The monoisotopic (exact) mass is 272 g/mol. The van der Waals surface area contributed by atoms with Crippen molar-refractivity contribution in [2.75, 3.05) is 0 Å². The van der Waals surface area contributed by atoms with E-state index in [2.05, 4.69) is 15.9 Å². The van der Waals surface area contributed by atoms with Crippen LogP contribution in [0.25, 0.3) is 0 Å². The van der Waals surface area contributed by atoms with Gasteiger partial charge in [-0.1, -0.05) is 15.9 Å². The molecule has 0 heterocycles. The first-order chi connectivity index (χ1) is 7.15. The fraction of sp³-hybridized carbons (Fsp3) is 0.364. The van der Waals surface area contributed by atoms with E-state index in [1.54, 1.807) is 12.1 Å². The number of Topliss-reactive ketones (excluding diaryl/α,β-unsaturated/α-hetero) is 1. The number of ether oxygens (including phenoxy) is 1. The Labute approximate surface area is 95.6 Å². The normalized spacial score (nSPS) is 20.7. The van der Waals surface area contributed by atoms with Crippen molar-refractivity contribution in [3.8, 4) is 5.75 Å². The third kappa shape index (κ3) is 2.56. The summed E-state index contributed by atoms with van der Waals surface area (Å²) in [5.74, 6) is 0.0111. The summed E-state index contributed by atoms with van der Waals surface area (Å²) >= 11 is 3.24. The molecule has 2 rings (SSSR count). The number of carbonyl (C=O) groups is 1. The number of ketones is 1. The van der Waals surface area contributed by atoms with Gasteiger partial charge in [-0.05, 0) is 24.6 Å². The third-order valence-electron chi connectivity index (χ3n) is 2.39. The van der Waals surface area contributed by atoms with Crippen molar-refractivity contribution in [3.63, 3.8) is 0 Å². The highest BCUT2D eigenvalue weighted by Gasteiger charge is 2.24. The Bertz CT molecular complexity index is 392. The van der Waals surface area contributed by atoms with Crippen LogP contribution in [-0.4, -0.2) is 11.9 Å². The average Bonchev–Trinajstić information content (AvgIpc) is 2.58. The van der Waals surface area contributed by atoms with Crippen LogP contribution < -0.4 is 4.74 Å². The lowest BCUT2D eigenvalue weighted by Crippen LogP contribution is -2.12. The molecule has 1 aromatic carbocycles. The summed E-state index contributed by atoms with van der Waals surface area (Å²) in [4.78, 5) is 11.0. The molecule has 1 aliphatic carbocycles. The van der Waals surface area contributed by atoms with Crippen LogP contribution in [0, 0.1) is 5.82 Å². The standard InChI is InChI=1S/C11H10BrFO2/c12-7-1-4-10(13)11(5-7)15-9-3-2-8(14)6-9/h1,4-5,9H,2-3,6H2. The van der Waals surface area contributed by atoms with Crippen molar-refractivity contribution >= 4 is 21.7 Å². The molecule has 1 aliphatic rings. The van der Waals surface area contributed by atoms with E-state index in [1.807, 2.05) is 0 Å². The van der Waals surface area contributed by atoms with Gasteiger partial charge in [0.05, 0.1) is 0 Å². The van der Waals surface area contributed by atoms with Crippen molar-refractivity contribution in [3.05, 3.63) is 28.5 Å². The summed E-state index contributed by atoms with van der Waals surface area (Å²) in [5, 5.41) is 0. The van der Waals surface area contributed by atoms with Gasteiger partial charge in [-0.3, -0.25) is 4.79 Å². The van der Waals surface area contributed by atoms with Crippen molar-refractivity contribution in [2.45, 2.75) is 25.4 Å². The lowest BCUT2D eigenvalue weighted by molar-refractivity contribution is -0.117. The van der Waals surface area contributed by atoms with Crippen molar-refractivity contribution in [2.24, 2.45) is 0 Å². The minimum absolute atomic E-state index is 0.165. The summed E-state index contributed by atoms with van der Waals surface area (Å²) in [6.07, 6.45) is 1.46. The summed E-state index contributed by atoms with van der Waals surface area (Å²) in [6.45, 7) is 0. The Morgan fingerprint density at radius 2 is 2.27 bits per heavy atom. The first kappa shape index (κ1) is 10.6. The van der Waals surface area contributed by atoms with Crippen LogP contribution in [0.1, 0.15) is 19.3 Å². The molecule has 1 atom stereocenters. The molecule has 80 valence electrons. The van der Waals surface area contributed by atoms with E-state index >= 15 is 0 Å². The number of benzene rings is 1. The van der Waals surface area contributed by atoms with Gasteiger partial charge >= 0.3 is 0 Å². The van der Waals surface area contributed by atoms with E-state index in [0.29, 0.717) is 19.3 Å². The second-order valence-electron chi connectivity index (χ2n) is 3.60. The number of rotatable bonds is 2. The van der Waals surface area contributed by atoms with Gasteiger partial charge in [-0.15, -0.1) is 0 Å². The SMILES string of the molecule is O=C1CCC(Oc2cc(Br)ccc2F)C1. The van der Waals surface area contributed by atoms with Crippen LogP contribution >= 0.6 is 15.9 Å². The average molecular weight is 273 g/mol. The second-order valence-corrected chi connectivity index (χ2v) is 4.51. The van der Waals surface area contributed by atoms with Crippen molar-refractivity contribution in [1.82, 2.24) is 0 Å². The Morgan fingerprint density at radius 3 is 2.93 bits per heavy atom. The Morgan fingerprint density at radius 1 is 1.47 bits per heavy atom. The smallest absolute Gasteiger partial charge is 0.165 e. The largest absolute Gasteiger partial charge is 0.487 e. The minimum atomic E-state index is -0.391. The van der Waals surface area contributed by atoms with Crippen LogP contribution in [0.4, 0.5) is 4.39 Å². The van der Waals surface area contributed by atoms with E-state index in [0.717, 1.165) is 4.47 Å². The predicted octanol–water partition coefficient (Wildman–Crippen LogP) is 3.09. The maximum Gasteiger partial charge on any atom is 0.165 e. The molecule has 1 fully saturated rings. The first-order valence-corrected chi connectivity index (χ1v) is 5.58. The zero-order valence-electron chi connectivity index (χ0n) is 8.00. The summed E-state index contributed by atoms with van der Waals surface area (Å²) in [6, 6.07) is 4.54. The quantitative estimate of drug-likeness (QED) is 0.827. The Balaban J connectivity index is 2.10. The molecule has 0 bridgehead atoms. The maximum absolute atomic E-state index is 13.3. The maximum atomic E-state index is 13.3. The molecule has 2 nitrogen and oxygen atoms in total. The fourth-order valence-electron chi connectivity index (χ4n) is 1.63. The topological polar surface area (TPSA) is 26.3 Å². The summed E-state index contributed by atoms with van der Waals surface area (Å²) in [7, 11) is 0. The number of hydrogen-bond acceptors (Lipinski definition) is 2. The summed E-state index contributed by atoms with van der Waals surface area (Å²) in [5.41, 5.74) is 0. The van der Waals surface area contributed by atoms with Gasteiger partial charge in [0.15, 0.2) is 11.6 Å². The van der Waals surface area contributed by atoms with Gasteiger partial charge in [-0.25, -0.2) is 4.39 Å². The molecule has 0 aliphatic heterocycles. The van der Waals surface area contributed by atoms with Gasteiger partial charge in [0, 0.05) is 17.3 Å². The zero-order valence-corrected chi connectivity index (χ0v) is 9.59. The van der Waals surface area contributed by atoms with Gasteiger partial charge in [0.1, 0.15) is 11.9 Å². The Hall–Kier alpha value is -0.900. The molecule has 0 N–H and O–H groups in total. The van der Waals surface area contributed by atoms with Gasteiger partial charge in [0.25, 0.3) is 0 Å². The highest BCUT2D eigenvalue weighted by atomic mass is 79.9. The highest BCUT2D eigenvalue weighted by molar-refractivity contribution is 9.10. The van der Waals surface area contributed by atoms with Gasteiger partial charge in [0.2, 0.25) is 0 Å². The lowest BCUT2D eigenvalue weighted by Gasteiger charge is -2.12. The molecule has 4 heteroatoms. The molecule has 1 saturated carbocycles. The number of halogens is 2. The molecule has 0 saturated heterocycles. The molecule has 0 radical (unpaired) electrons. The van der Waals surface area contributed by atoms with Gasteiger partial charge in [-0.2, -0.15) is 0 Å². The number of hydrogen-bond donors (Lipinski definition) is 0. The van der Waals surface area contributed by atoms with Crippen molar-refractivity contribution in [1.29, 1.82) is 0 Å². The molecule has 0 spiro atoms. The fourth-order valence-corrected chi connectivity index (χ4v) is 1.97. The van der Waals surface area contributed by atoms with Crippen LogP contribution in [0.15, 0.2) is 22.7 Å². The molecule has 15 heavy (non-hydrogen) atoms. The zero-order chi connectivity index (χ0) is 10.8. The van der Waals surface area contributed by atoms with Crippen LogP contribution in [0.3, 0.4) is 0 Å². The van der Waals surface area contributed by atoms with E-state index < -0.39 is 5.82 Å². The molecule has 1 aromatic rings. The molecular weight excluding hydrogens is 263 g/mol. The molecule has 0 aromatic heterocycles. The van der Waals surface area contributed by atoms with Crippen LogP contribution in [0.5, 0.6) is 5.75 Å². The summed E-state index contributed by atoms with van der Waals surface area (Å²) < 4.78 is 19.5. The molecule has 0 amide bonds. The van der Waals surface area contributed by atoms with E-state index in [4.69, 9.17) is 4.74 Å². The molecular formula is C11H10BrFO2. The molecule has 1 unspecified atom stereocenters. The second kappa shape index (κ2) is 4.31. The van der Waals surface area contributed by atoms with Crippen LogP contribution in [-0.2, 0) is 4.79 Å². The van der Waals surface area contributed by atoms with Crippen LogP contribution in [0.2, 0.25) is 0 Å². The van der Waals surface area contributed by atoms with E-state index in [9.17, 15) is 9.18 Å².